The van der Waals surface area contributed by atoms with Crippen molar-refractivity contribution in [2.45, 2.75) is 18.9 Å². The molecule has 2 unspecified atom stereocenters. The van der Waals surface area contributed by atoms with Gasteiger partial charge in [0, 0.05) is 32.0 Å². The largest absolute Gasteiger partial charge is 0.381 e. The van der Waals surface area contributed by atoms with Gasteiger partial charge in [0.15, 0.2) is 0 Å². The van der Waals surface area contributed by atoms with Crippen molar-refractivity contribution in [2.24, 2.45) is 18.7 Å². The molecule has 2 atom stereocenters. The number of hydrogen-bond acceptors (Lipinski definition) is 4. The Morgan fingerprint density at radius 1 is 1.71 bits per heavy atom. The Kier molecular flexibility index (Phi) is 2.79. The number of hydrogen-bond donors (Lipinski definition) is 1. The van der Waals surface area contributed by atoms with Crippen LogP contribution in [0, 0.1) is 5.92 Å². The fraction of sp³-hybridized carbons (Fsp3) is 0.778. The number of ether oxygens (including phenoxy) is 1. The molecule has 0 aliphatic carbocycles. The van der Waals surface area contributed by atoms with Crippen LogP contribution in [0.15, 0.2) is 6.33 Å². The van der Waals surface area contributed by atoms with Crippen LogP contribution in [-0.2, 0) is 18.2 Å². The minimum atomic E-state index is 0.237. The summed E-state index contributed by atoms with van der Waals surface area (Å²) in [5.41, 5.74) is 6.01. The lowest BCUT2D eigenvalue weighted by molar-refractivity contribution is 0.0412. The molecule has 0 radical (unpaired) electrons. The van der Waals surface area contributed by atoms with Crippen LogP contribution in [-0.4, -0.2) is 34.0 Å². The average Bonchev–Trinajstić information content (AvgIpc) is 2.56. The standard InChI is InChI=1S/C9H16N4O/c1-13-9(11-6-12-13)4-7-5-14-3-2-8(7)10/h6-8H,2-5,10H2,1H3. The Morgan fingerprint density at radius 2 is 2.57 bits per heavy atom. The maximum absolute atomic E-state index is 6.01. The highest BCUT2D eigenvalue weighted by Gasteiger charge is 2.23. The van der Waals surface area contributed by atoms with Crippen molar-refractivity contribution in [3.8, 4) is 0 Å². The van der Waals surface area contributed by atoms with E-state index in [0.29, 0.717) is 5.92 Å². The van der Waals surface area contributed by atoms with Gasteiger partial charge in [-0.1, -0.05) is 0 Å². The molecule has 0 saturated carbocycles. The number of aryl methyl sites for hydroxylation is 1. The molecule has 14 heavy (non-hydrogen) atoms. The second kappa shape index (κ2) is 4.06. The van der Waals surface area contributed by atoms with Crippen LogP contribution in [0.4, 0.5) is 0 Å². The van der Waals surface area contributed by atoms with Gasteiger partial charge in [-0.2, -0.15) is 5.10 Å². The highest BCUT2D eigenvalue weighted by Crippen LogP contribution is 2.16. The summed E-state index contributed by atoms with van der Waals surface area (Å²) in [6.07, 6.45) is 3.38. The van der Waals surface area contributed by atoms with Gasteiger partial charge in [0.05, 0.1) is 6.61 Å². The van der Waals surface area contributed by atoms with Crippen molar-refractivity contribution in [2.75, 3.05) is 13.2 Å². The summed E-state index contributed by atoms with van der Waals surface area (Å²) >= 11 is 0. The van der Waals surface area contributed by atoms with Gasteiger partial charge in [-0.05, 0) is 6.42 Å². The minimum absolute atomic E-state index is 0.237. The van der Waals surface area contributed by atoms with Crippen molar-refractivity contribution in [3.05, 3.63) is 12.2 Å². The fourth-order valence-corrected chi connectivity index (χ4v) is 1.76. The first-order chi connectivity index (χ1) is 6.77. The molecular weight excluding hydrogens is 180 g/mol. The van der Waals surface area contributed by atoms with E-state index in [0.717, 1.165) is 31.9 Å². The lowest BCUT2D eigenvalue weighted by Gasteiger charge is -2.28. The zero-order chi connectivity index (χ0) is 9.97. The molecular formula is C9H16N4O. The van der Waals surface area contributed by atoms with E-state index in [4.69, 9.17) is 10.5 Å². The molecule has 1 saturated heterocycles. The third-order valence-electron chi connectivity index (χ3n) is 2.78. The molecule has 1 aromatic heterocycles. The smallest absolute Gasteiger partial charge is 0.138 e. The first-order valence-corrected chi connectivity index (χ1v) is 4.93. The van der Waals surface area contributed by atoms with Crippen LogP contribution in [0.25, 0.3) is 0 Å². The highest BCUT2D eigenvalue weighted by molar-refractivity contribution is 4.90. The summed E-state index contributed by atoms with van der Waals surface area (Å²) in [6.45, 7) is 1.53. The Morgan fingerprint density at radius 3 is 3.21 bits per heavy atom. The molecule has 1 fully saturated rings. The summed E-state index contributed by atoms with van der Waals surface area (Å²) in [6, 6.07) is 0.237. The van der Waals surface area contributed by atoms with Gasteiger partial charge in [0.1, 0.15) is 12.2 Å². The molecule has 5 nitrogen and oxygen atoms in total. The molecule has 1 aromatic rings. The molecule has 0 spiro atoms. The zero-order valence-electron chi connectivity index (χ0n) is 8.39. The van der Waals surface area contributed by atoms with Gasteiger partial charge in [0.2, 0.25) is 0 Å². The van der Waals surface area contributed by atoms with Crippen molar-refractivity contribution >= 4 is 0 Å². The summed E-state index contributed by atoms with van der Waals surface area (Å²) in [7, 11) is 1.90. The van der Waals surface area contributed by atoms with Gasteiger partial charge in [-0.15, -0.1) is 0 Å². The summed E-state index contributed by atoms with van der Waals surface area (Å²) < 4.78 is 7.20. The molecule has 1 aliphatic rings. The number of aromatic nitrogens is 3. The Labute approximate surface area is 83.3 Å². The van der Waals surface area contributed by atoms with Crippen molar-refractivity contribution in [1.29, 1.82) is 0 Å². The van der Waals surface area contributed by atoms with E-state index in [9.17, 15) is 0 Å². The van der Waals surface area contributed by atoms with E-state index in [1.54, 1.807) is 11.0 Å². The average molecular weight is 196 g/mol. The normalized spacial score (nSPS) is 27.9. The van der Waals surface area contributed by atoms with Crippen LogP contribution in [0.5, 0.6) is 0 Å². The molecule has 0 amide bonds. The third-order valence-corrected chi connectivity index (χ3v) is 2.78. The van der Waals surface area contributed by atoms with Crippen LogP contribution < -0.4 is 5.73 Å². The molecule has 1 aliphatic heterocycles. The van der Waals surface area contributed by atoms with Crippen LogP contribution in [0.1, 0.15) is 12.2 Å². The van der Waals surface area contributed by atoms with Gasteiger partial charge >= 0.3 is 0 Å². The van der Waals surface area contributed by atoms with Gasteiger partial charge in [-0.25, -0.2) is 4.98 Å². The topological polar surface area (TPSA) is 66.0 Å². The lowest BCUT2D eigenvalue weighted by atomic mass is 9.93. The first kappa shape index (κ1) is 9.61. The molecule has 5 heteroatoms. The van der Waals surface area contributed by atoms with Crippen LogP contribution >= 0.6 is 0 Å². The van der Waals surface area contributed by atoms with E-state index in [1.807, 2.05) is 7.05 Å². The molecule has 2 N–H and O–H groups in total. The molecule has 2 heterocycles. The van der Waals surface area contributed by atoms with Crippen LogP contribution in [0.3, 0.4) is 0 Å². The predicted octanol–water partition coefficient (Wildman–Crippen LogP) is -0.279. The van der Waals surface area contributed by atoms with Crippen molar-refractivity contribution in [3.63, 3.8) is 0 Å². The van der Waals surface area contributed by atoms with E-state index in [2.05, 4.69) is 10.1 Å². The predicted molar refractivity (Wildman–Crippen MR) is 51.6 cm³/mol. The van der Waals surface area contributed by atoms with Crippen LogP contribution in [0.2, 0.25) is 0 Å². The molecule has 2 rings (SSSR count). The minimum Gasteiger partial charge on any atom is -0.381 e. The monoisotopic (exact) mass is 196 g/mol. The Balaban J connectivity index is 1.99. The number of nitrogens with two attached hydrogens (primary N) is 1. The summed E-state index contributed by atoms with van der Waals surface area (Å²) in [4.78, 5) is 4.19. The Hall–Kier alpha value is -0.940. The summed E-state index contributed by atoms with van der Waals surface area (Å²) in [5, 5.41) is 4.03. The highest BCUT2D eigenvalue weighted by atomic mass is 16.5. The maximum atomic E-state index is 6.01. The summed E-state index contributed by atoms with van der Waals surface area (Å²) in [5.74, 6) is 1.36. The van der Waals surface area contributed by atoms with Crippen molar-refractivity contribution in [1.82, 2.24) is 14.8 Å². The van der Waals surface area contributed by atoms with E-state index in [-0.39, 0.29) is 6.04 Å². The molecule has 78 valence electrons. The maximum Gasteiger partial charge on any atom is 0.138 e. The SMILES string of the molecule is Cn1ncnc1CC1COCCC1N. The zero-order valence-corrected chi connectivity index (χ0v) is 8.39. The number of nitrogens with zero attached hydrogens (tertiary/aromatic N) is 3. The number of rotatable bonds is 2. The van der Waals surface area contributed by atoms with E-state index >= 15 is 0 Å². The van der Waals surface area contributed by atoms with Crippen molar-refractivity contribution < 1.29 is 4.74 Å². The second-order valence-electron chi connectivity index (χ2n) is 3.79. The van der Waals surface area contributed by atoms with E-state index in [1.165, 1.54) is 0 Å². The van der Waals surface area contributed by atoms with Gasteiger partial charge in [0.25, 0.3) is 0 Å². The molecule has 0 aromatic carbocycles. The van der Waals surface area contributed by atoms with Gasteiger partial charge < -0.3 is 10.5 Å². The van der Waals surface area contributed by atoms with E-state index < -0.39 is 0 Å². The third kappa shape index (κ3) is 1.93. The molecule has 0 bridgehead atoms. The second-order valence-corrected chi connectivity index (χ2v) is 3.79. The first-order valence-electron chi connectivity index (χ1n) is 4.93. The van der Waals surface area contributed by atoms with Gasteiger partial charge in [-0.3, -0.25) is 4.68 Å². The quantitative estimate of drug-likeness (QED) is 0.706. The Bertz CT molecular complexity index is 299. The fourth-order valence-electron chi connectivity index (χ4n) is 1.76. The lowest BCUT2D eigenvalue weighted by Crippen LogP contribution is -2.40.